The van der Waals surface area contributed by atoms with Gasteiger partial charge in [0.2, 0.25) is 6.79 Å². The van der Waals surface area contributed by atoms with E-state index in [1.807, 2.05) is 6.07 Å². The van der Waals surface area contributed by atoms with Crippen molar-refractivity contribution in [3.63, 3.8) is 0 Å². The van der Waals surface area contributed by atoms with Gasteiger partial charge in [-0.15, -0.1) is 11.8 Å². The number of rotatable bonds is 9. The summed E-state index contributed by atoms with van der Waals surface area (Å²) in [7, 11) is 1.48. The van der Waals surface area contributed by atoms with Crippen LogP contribution in [0, 0.1) is 5.41 Å². The van der Waals surface area contributed by atoms with Crippen LogP contribution >= 0.6 is 11.8 Å². The number of para-hydroxylation sites is 1. The summed E-state index contributed by atoms with van der Waals surface area (Å²) in [4.78, 5) is 51.2. The molecule has 0 aliphatic carbocycles. The van der Waals surface area contributed by atoms with Gasteiger partial charge in [-0.05, 0) is 38.5 Å². The SMILES string of the molecule is COCC1=C(C(=O)OCOC(=O)C(C)(C)C)N2C(=O)C(NC(=O)COc3ccccc3)[C@H]2SC1. The number of fused-ring (bicyclic) bond motifs is 1. The lowest BCUT2D eigenvalue weighted by Crippen LogP contribution is -2.71. The number of β-lactam (4-membered cyclic amide) rings is 1. The molecule has 10 nitrogen and oxygen atoms in total. The van der Waals surface area contributed by atoms with E-state index >= 15 is 0 Å². The summed E-state index contributed by atoms with van der Waals surface area (Å²) in [6.45, 7) is 4.34. The molecule has 2 atom stereocenters. The molecule has 2 aliphatic heterocycles. The predicted molar refractivity (Wildman–Crippen MR) is 122 cm³/mol. The maximum absolute atomic E-state index is 12.9. The van der Waals surface area contributed by atoms with Crippen molar-refractivity contribution in [1.82, 2.24) is 10.2 Å². The molecule has 34 heavy (non-hydrogen) atoms. The molecular formula is C23H28N2O8S. The van der Waals surface area contributed by atoms with E-state index in [9.17, 15) is 19.2 Å². The zero-order valence-electron chi connectivity index (χ0n) is 19.5. The van der Waals surface area contributed by atoms with Crippen LogP contribution in [0.1, 0.15) is 20.8 Å². The number of nitrogens with zero attached hydrogens (tertiary/aromatic N) is 1. The van der Waals surface area contributed by atoms with Crippen molar-refractivity contribution in [2.24, 2.45) is 5.41 Å². The van der Waals surface area contributed by atoms with Crippen LogP contribution in [-0.4, -0.2) is 72.9 Å². The number of hydrogen-bond acceptors (Lipinski definition) is 9. The van der Waals surface area contributed by atoms with Gasteiger partial charge in [0.05, 0.1) is 12.0 Å². The van der Waals surface area contributed by atoms with Crippen LogP contribution in [0.3, 0.4) is 0 Å². The Hall–Kier alpha value is -3.05. The van der Waals surface area contributed by atoms with Gasteiger partial charge in [-0.3, -0.25) is 19.3 Å². The van der Waals surface area contributed by atoms with Gasteiger partial charge in [0.15, 0.2) is 6.61 Å². The van der Waals surface area contributed by atoms with Gasteiger partial charge in [-0.1, -0.05) is 18.2 Å². The second-order valence-electron chi connectivity index (χ2n) is 8.67. The molecule has 0 bridgehead atoms. The number of esters is 2. The van der Waals surface area contributed by atoms with Gasteiger partial charge in [0.25, 0.3) is 11.8 Å². The van der Waals surface area contributed by atoms with Crippen LogP contribution < -0.4 is 10.1 Å². The molecule has 11 heteroatoms. The molecule has 184 valence electrons. The van der Waals surface area contributed by atoms with E-state index in [1.54, 1.807) is 45.0 Å². The Morgan fingerprint density at radius 2 is 1.85 bits per heavy atom. The third-order valence-corrected chi connectivity index (χ3v) is 6.32. The monoisotopic (exact) mass is 492 g/mol. The lowest BCUT2D eigenvalue weighted by atomic mass is 9.98. The van der Waals surface area contributed by atoms with Crippen LogP contribution in [0.15, 0.2) is 41.6 Å². The number of methoxy groups -OCH3 is 1. The molecular weight excluding hydrogens is 464 g/mol. The van der Waals surface area contributed by atoms with Crippen LogP contribution in [0.25, 0.3) is 0 Å². The van der Waals surface area contributed by atoms with Crippen molar-refractivity contribution in [2.75, 3.05) is 32.9 Å². The highest BCUT2D eigenvalue weighted by Crippen LogP contribution is 2.40. The van der Waals surface area contributed by atoms with Crippen LogP contribution in [0.4, 0.5) is 0 Å². The van der Waals surface area contributed by atoms with Gasteiger partial charge >= 0.3 is 11.9 Å². The van der Waals surface area contributed by atoms with Crippen molar-refractivity contribution >= 4 is 35.5 Å². The zero-order valence-corrected chi connectivity index (χ0v) is 20.3. The lowest BCUT2D eigenvalue weighted by molar-refractivity contribution is -0.173. The lowest BCUT2D eigenvalue weighted by Gasteiger charge is -2.49. The van der Waals surface area contributed by atoms with Crippen molar-refractivity contribution in [3.05, 3.63) is 41.6 Å². The number of nitrogens with one attached hydrogen (secondary N) is 1. The van der Waals surface area contributed by atoms with Gasteiger partial charge in [0.1, 0.15) is 22.9 Å². The highest BCUT2D eigenvalue weighted by molar-refractivity contribution is 8.00. The van der Waals surface area contributed by atoms with E-state index < -0.39 is 47.4 Å². The molecule has 0 aromatic heterocycles. The summed E-state index contributed by atoms with van der Waals surface area (Å²) in [6.07, 6.45) is 0. The molecule has 3 rings (SSSR count). The Bertz CT molecular complexity index is 973. The highest BCUT2D eigenvalue weighted by Gasteiger charge is 2.54. The number of carbonyl (C=O) groups is 4. The third-order valence-electron chi connectivity index (χ3n) is 4.98. The number of hydrogen-bond donors (Lipinski definition) is 1. The van der Waals surface area contributed by atoms with Crippen molar-refractivity contribution in [1.29, 1.82) is 0 Å². The molecule has 1 aromatic rings. The standard InChI is InChI=1S/C23H28N2O8S/c1-23(2,3)22(29)33-13-32-21(28)18-14(10-30-4)12-34-20-17(19(27)25(18)20)24-16(26)11-31-15-8-6-5-7-9-15/h5-9,17,20H,10-13H2,1-4H3,(H,24,26)/t17?,20-/m1/s1. The van der Waals surface area contributed by atoms with Crippen molar-refractivity contribution in [2.45, 2.75) is 32.2 Å². The molecule has 1 unspecified atom stereocenters. The largest absolute Gasteiger partial charge is 0.484 e. The average molecular weight is 493 g/mol. The molecule has 2 amide bonds. The summed E-state index contributed by atoms with van der Waals surface area (Å²) >= 11 is 1.40. The van der Waals surface area contributed by atoms with E-state index in [2.05, 4.69) is 5.32 Å². The topological polar surface area (TPSA) is 120 Å². The Morgan fingerprint density at radius 1 is 1.15 bits per heavy atom. The van der Waals surface area contributed by atoms with Crippen LogP contribution in [-0.2, 0) is 33.4 Å². The third kappa shape index (κ3) is 5.89. The fourth-order valence-electron chi connectivity index (χ4n) is 3.26. The molecule has 0 spiro atoms. The Kier molecular flexibility index (Phi) is 8.21. The maximum Gasteiger partial charge on any atom is 0.358 e. The highest BCUT2D eigenvalue weighted by atomic mass is 32.2. The molecule has 2 heterocycles. The van der Waals surface area contributed by atoms with E-state index in [-0.39, 0.29) is 18.9 Å². The summed E-state index contributed by atoms with van der Waals surface area (Å²) in [5, 5.41) is 2.19. The minimum atomic E-state index is -0.803. The molecule has 2 aliphatic rings. The maximum atomic E-state index is 12.9. The second-order valence-corrected chi connectivity index (χ2v) is 9.78. The molecule has 0 saturated carbocycles. The van der Waals surface area contributed by atoms with E-state index in [1.165, 1.54) is 23.8 Å². The van der Waals surface area contributed by atoms with Gasteiger partial charge in [0, 0.05) is 12.9 Å². The van der Waals surface area contributed by atoms with Gasteiger partial charge < -0.3 is 24.3 Å². The zero-order chi connectivity index (χ0) is 24.9. The molecule has 1 aromatic carbocycles. The quantitative estimate of drug-likeness (QED) is 0.310. The van der Waals surface area contributed by atoms with E-state index in [0.29, 0.717) is 17.1 Å². The number of benzene rings is 1. The number of ether oxygens (including phenoxy) is 4. The fourth-order valence-corrected chi connectivity index (χ4v) is 4.59. The Labute approximate surface area is 201 Å². The average Bonchev–Trinajstić information content (AvgIpc) is 2.81. The molecule has 1 fully saturated rings. The van der Waals surface area contributed by atoms with Gasteiger partial charge in [-0.2, -0.15) is 0 Å². The van der Waals surface area contributed by atoms with Crippen molar-refractivity contribution < 1.29 is 38.1 Å². The number of amides is 2. The second kappa shape index (κ2) is 10.9. The fraction of sp³-hybridized carbons (Fsp3) is 0.478. The minimum absolute atomic E-state index is 0.0495. The predicted octanol–water partition coefficient (Wildman–Crippen LogP) is 1.46. The first-order chi connectivity index (χ1) is 16.1. The van der Waals surface area contributed by atoms with Crippen LogP contribution in [0.2, 0.25) is 0 Å². The molecule has 1 N–H and O–H groups in total. The molecule has 1 saturated heterocycles. The first-order valence-electron chi connectivity index (χ1n) is 10.6. The summed E-state index contributed by atoms with van der Waals surface area (Å²) in [5.41, 5.74) is -0.127. The van der Waals surface area contributed by atoms with Crippen LogP contribution in [0.5, 0.6) is 5.75 Å². The summed E-state index contributed by atoms with van der Waals surface area (Å²) < 4.78 is 20.7. The minimum Gasteiger partial charge on any atom is -0.484 e. The smallest absolute Gasteiger partial charge is 0.358 e. The number of thioether (sulfide) groups is 1. The van der Waals surface area contributed by atoms with E-state index in [4.69, 9.17) is 18.9 Å². The van der Waals surface area contributed by atoms with Crippen molar-refractivity contribution in [3.8, 4) is 5.75 Å². The Balaban J connectivity index is 1.61. The van der Waals surface area contributed by atoms with Gasteiger partial charge in [-0.25, -0.2) is 4.79 Å². The number of carbonyl (C=O) groups excluding carboxylic acids is 4. The Morgan fingerprint density at radius 3 is 2.50 bits per heavy atom. The first kappa shape index (κ1) is 25.6. The summed E-state index contributed by atoms with van der Waals surface area (Å²) in [5.74, 6) is -1.28. The first-order valence-corrected chi connectivity index (χ1v) is 11.7. The molecule has 0 radical (unpaired) electrons. The van der Waals surface area contributed by atoms with E-state index in [0.717, 1.165) is 0 Å². The summed E-state index contributed by atoms with van der Waals surface area (Å²) in [6, 6.07) is 8.04. The normalized spacial score (nSPS) is 19.6.